The Morgan fingerprint density at radius 2 is 2.28 bits per heavy atom. The minimum absolute atomic E-state index is 0.139. The molecule has 6 nitrogen and oxygen atoms in total. The van der Waals surface area contributed by atoms with Gasteiger partial charge < -0.3 is 15.6 Å². The number of nitrogen functional groups attached to an aromatic ring is 1. The van der Waals surface area contributed by atoms with E-state index >= 15 is 0 Å². The number of anilines is 1. The van der Waals surface area contributed by atoms with E-state index in [1.54, 1.807) is 10.9 Å². The molecule has 18 heavy (non-hydrogen) atoms. The molecule has 1 aromatic heterocycles. The SMILES string of the molecule is Cn1ccc(COc2cc(C(=O)O)ccc2N)n1. The number of rotatable bonds is 4. The van der Waals surface area contributed by atoms with Crippen molar-refractivity contribution in [3.05, 3.63) is 41.7 Å². The van der Waals surface area contributed by atoms with Crippen LogP contribution >= 0.6 is 0 Å². The first kappa shape index (κ1) is 12.0. The minimum atomic E-state index is -1.02. The zero-order valence-electron chi connectivity index (χ0n) is 9.83. The molecule has 2 rings (SSSR count). The van der Waals surface area contributed by atoms with Crippen molar-refractivity contribution < 1.29 is 14.6 Å². The first-order valence-corrected chi connectivity index (χ1v) is 5.30. The van der Waals surface area contributed by atoms with Gasteiger partial charge in [0.1, 0.15) is 12.4 Å². The fraction of sp³-hybridized carbons (Fsp3) is 0.167. The highest BCUT2D eigenvalue weighted by Gasteiger charge is 2.08. The number of hydrogen-bond donors (Lipinski definition) is 2. The van der Waals surface area contributed by atoms with Gasteiger partial charge in [0.05, 0.1) is 16.9 Å². The number of carboxylic acids is 1. The maximum atomic E-state index is 10.8. The van der Waals surface area contributed by atoms with Gasteiger partial charge in [-0.25, -0.2) is 4.79 Å². The molecule has 6 heteroatoms. The van der Waals surface area contributed by atoms with E-state index in [0.29, 0.717) is 11.4 Å². The molecule has 1 heterocycles. The largest absolute Gasteiger partial charge is 0.485 e. The Labute approximate surface area is 104 Å². The predicted octanol–water partition coefficient (Wildman–Crippen LogP) is 1.28. The van der Waals surface area contributed by atoms with Crippen LogP contribution in [0.1, 0.15) is 16.1 Å². The lowest BCUT2D eigenvalue weighted by Gasteiger charge is -2.08. The van der Waals surface area contributed by atoms with E-state index < -0.39 is 5.97 Å². The fourth-order valence-electron chi connectivity index (χ4n) is 1.48. The van der Waals surface area contributed by atoms with Crippen molar-refractivity contribution in [3.63, 3.8) is 0 Å². The summed E-state index contributed by atoms with van der Waals surface area (Å²) in [5.74, 6) is -0.668. The number of benzene rings is 1. The summed E-state index contributed by atoms with van der Waals surface area (Å²) in [5, 5.41) is 13.0. The van der Waals surface area contributed by atoms with Crippen LogP contribution in [0.4, 0.5) is 5.69 Å². The molecule has 0 saturated carbocycles. The van der Waals surface area contributed by atoms with Gasteiger partial charge >= 0.3 is 5.97 Å². The fourth-order valence-corrected chi connectivity index (χ4v) is 1.48. The lowest BCUT2D eigenvalue weighted by Crippen LogP contribution is -2.03. The first-order chi connectivity index (χ1) is 8.56. The Morgan fingerprint density at radius 3 is 2.89 bits per heavy atom. The standard InChI is InChI=1S/C12H13N3O3/c1-15-5-4-9(14-15)7-18-11-6-8(12(16)17)2-3-10(11)13/h2-6H,7,13H2,1H3,(H,16,17). The summed E-state index contributed by atoms with van der Waals surface area (Å²) in [6.45, 7) is 0.244. The Morgan fingerprint density at radius 1 is 1.50 bits per heavy atom. The van der Waals surface area contributed by atoms with Crippen molar-refractivity contribution >= 4 is 11.7 Å². The van der Waals surface area contributed by atoms with Gasteiger partial charge in [0.25, 0.3) is 0 Å². The van der Waals surface area contributed by atoms with Gasteiger partial charge in [-0.3, -0.25) is 4.68 Å². The van der Waals surface area contributed by atoms with Crippen LogP contribution in [0.15, 0.2) is 30.5 Å². The molecule has 2 aromatic rings. The predicted molar refractivity (Wildman–Crippen MR) is 65.4 cm³/mol. The van der Waals surface area contributed by atoms with Gasteiger partial charge in [0, 0.05) is 13.2 Å². The van der Waals surface area contributed by atoms with Gasteiger partial charge in [0.2, 0.25) is 0 Å². The summed E-state index contributed by atoms with van der Waals surface area (Å²) in [5.41, 5.74) is 7.00. The van der Waals surface area contributed by atoms with Gasteiger partial charge in [-0.1, -0.05) is 0 Å². The molecule has 0 bridgehead atoms. The molecule has 0 saturated heterocycles. The van der Waals surface area contributed by atoms with Crippen LogP contribution in [0.25, 0.3) is 0 Å². The van der Waals surface area contributed by atoms with Gasteiger partial charge in [-0.15, -0.1) is 0 Å². The quantitative estimate of drug-likeness (QED) is 0.794. The lowest BCUT2D eigenvalue weighted by atomic mass is 10.2. The van der Waals surface area contributed by atoms with Crippen LogP contribution in [-0.2, 0) is 13.7 Å². The number of nitrogens with two attached hydrogens (primary N) is 1. The summed E-state index contributed by atoms with van der Waals surface area (Å²) < 4.78 is 7.13. The summed E-state index contributed by atoms with van der Waals surface area (Å²) in [7, 11) is 1.81. The Hall–Kier alpha value is -2.50. The summed E-state index contributed by atoms with van der Waals surface area (Å²) in [6, 6.07) is 6.17. The van der Waals surface area contributed by atoms with Crippen molar-refractivity contribution in [3.8, 4) is 5.75 Å². The summed E-state index contributed by atoms with van der Waals surface area (Å²) in [6.07, 6.45) is 1.80. The zero-order valence-corrected chi connectivity index (χ0v) is 9.83. The molecule has 0 aliphatic heterocycles. The Balaban J connectivity index is 2.13. The number of aromatic nitrogens is 2. The molecule has 1 aromatic carbocycles. The van der Waals surface area contributed by atoms with E-state index in [1.165, 1.54) is 18.2 Å². The topological polar surface area (TPSA) is 90.4 Å². The molecule has 0 amide bonds. The van der Waals surface area contributed by atoms with Crippen LogP contribution < -0.4 is 10.5 Å². The van der Waals surface area contributed by atoms with E-state index in [9.17, 15) is 4.79 Å². The van der Waals surface area contributed by atoms with E-state index in [1.807, 2.05) is 13.1 Å². The molecule has 0 unspecified atom stereocenters. The van der Waals surface area contributed by atoms with Gasteiger partial charge in [-0.05, 0) is 24.3 Å². The second-order valence-electron chi connectivity index (χ2n) is 3.83. The van der Waals surface area contributed by atoms with Crippen LogP contribution in [0.2, 0.25) is 0 Å². The highest BCUT2D eigenvalue weighted by molar-refractivity contribution is 5.89. The van der Waals surface area contributed by atoms with E-state index in [-0.39, 0.29) is 12.2 Å². The molecular formula is C12H13N3O3. The second kappa shape index (κ2) is 4.79. The van der Waals surface area contributed by atoms with Gasteiger partial charge in [-0.2, -0.15) is 5.10 Å². The van der Waals surface area contributed by atoms with Crippen molar-refractivity contribution in [1.29, 1.82) is 0 Å². The third-order valence-electron chi connectivity index (χ3n) is 2.40. The van der Waals surface area contributed by atoms with Crippen LogP contribution in [0.3, 0.4) is 0 Å². The molecule has 0 atom stereocenters. The van der Waals surface area contributed by atoms with E-state index in [2.05, 4.69) is 5.10 Å². The summed E-state index contributed by atoms with van der Waals surface area (Å²) >= 11 is 0. The average Bonchev–Trinajstić information content (AvgIpc) is 2.74. The Kier molecular flexibility index (Phi) is 3.18. The minimum Gasteiger partial charge on any atom is -0.485 e. The summed E-state index contributed by atoms with van der Waals surface area (Å²) in [4.78, 5) is 10.8. The third kappa shape index (κ3) is 2.60. The highest BCUT2D eigenvalue weighted by atomic mass is 16.5. The number of nitrogens with zero attached hydrogens (tertiary/aromatic N) is 2. The van der Waals surface area contributed by atoms with Crippen molar-refractivity contribution in [1.82, 2.24) is 9.78 Å². The zero-order chi connectivity index (χ0) is 13.1. The number of carboxylic acid groups (broad SMARTS) is 1. The number of aryl methyl sites for hydroxylation is 1. The molecule has 94 valence electrons. The van der Waals surface area contributed by atoms with E-state index in [4.69, 9.17) is 15.6 Å². The molecule has 0 aliphatic rings. The molecule has 0 aliphatic carbocycles. The second-order valence-corrected chi connectivity index (χ2v) is 3.83. The van der Waals surface area contributed by atoms with E-state index in [0.717, 1.165) is 5.69 Å². The normalized spacial score (nSPS) is 10.3. The van der Waals surface area contributed by atoms with Crippen molar-refractivity contribution in [2.75, 3.05) is 5.73 Å². The Bertz CT molecular complexity index is 578. The van der Waals surface area contributed by atoms with Crippen LogP contribution in [0, 0.1) is 0 Å². The lowest BCUT2D eigenvalue weighted by molar-refractivity contribution is 0.0696. The number of carbonyl (C=O) groups is 1. The van der Waals surface area contributed by atoms with Gasteiger partial charge in [0.15, 0.2) is 0 Å². The molecule has 0 spiro atoms. The van der Waals surface area contributed by atoms with Crippen molar-refractivity contribution in [2.24, 2.45) is 7.05 Å². The van der Waals surface area contributed by atoms with Crippen molar-refractivity contribution in [2.45, 2.75) is 6.61 Å². The number of ether oxygens (including phenoxy) is 1. The monoisotopic (exact) mass is 247 g/mol. The maximum Gasteiger partial charge on any atom is 0.335 e. The van der Waals surface area contributed by atoms with Crippen LogP contribution in [-0.4, -0.2) is 20.9 Å². The van der Waals surface area contributed by atoms with Crippen LogP contribution in [0.5, 0.6) is 5.75 Å². The number of hydrogen-bond acceptors (Lipinski definition) is 4. The smallest absolute Gasteiger partial charge is 0.335 e. The third-order valence-corrected chi connectivity index (χ3v) is 2.40. The highest BCUT2D eigenvalue weighted by Crippen LogP contribution is 2.23. The average molecular weight is 247 g/mol. The maximum absolute atomic E-state index is 10.8. The molecule has 0 fully saturated rings. The first-order valence-electron chi connectivity index (χ1n) is 5.30. The molecule has 0 radical (unpaired) electrons. The number of aromatic carboxylic acids is 1. The molecular weight excluding hydrogens is 234 g/mol. The molecule has 3 N–H and O–H groups in total.